The molecule has 5 nitrogen and oxygen atoms in total. The Bertz CT molecular complexity index is 416. The van der Waals surface area contributed by atoms with E-state index >= 15 is 0 Å². The Morgan fingerprint density at radius 1 is 0.615 bits per heavy atom. The molecule has 0 heterocycles. The lowest BCUT2D eigenvalue weighted by Crippen LogP contribution is -2.43. The summed E-state index contributed by atoms with van der Waals surface area (Å²) in [5.41, 5.74) is 0. The maximum Gasteiger partial charge on any atom is 0.138 e. The van der Waals surface area contributed by atoms with E-state index in [4.69, 9.17) is 0 Å². The fourth-order valence-corrected chi connectivity index (χ4v) is 2.90. The summed E-state index contributed by atoms with van der Waals surface area (Å²) in [5, 5.41) is 12.1. The van der Waals surface area contributed by atoms with Crippen molar-refractivity contribution in [1.82, 2.24) is 0 Å². The zero-order valence-corrected chi connectivity index (χ0v) is 17.2. The topological polar surface area (TPSA) is 74.3 Å². The first-order valence-corrected chi connectivity index (χ1v) is 10.5. The SMILES string of the molecule is CCCCCCCCC(=O)CCC(=O)CCC(=O)CC[N+]([O-])(CC)CC. The number of hydroxylamine groups is 3. The summed E-state index contributed by atoms with van der Waals surface area (Å²) in [6.07, 6.45) is 8.62. The summed E-state index contributed by atoms with van der Waals surface area (Å²) in [4.78, 5) is 35.5. The molecule has 0 aromatic rings. The Labute approximate surface area is 159 Å². The molecule has 0 saturated heterocycles. The number of hydrogen-bond acceptors (Lipinski definition) is 4. The van der Waals surface area contributed by atoms with Crippen LogP contribution < -0.4 is 0 Å². The van der Waals surface area contributed by atoms with E-state index in [1.807, 2.05) is 13.8 Å². The van der Waals surface area contributed by atoms with Gasteiger partial charge in [-0.1, -0.05) is 39.0 Å². The van der Waals surface area contributed by atoms with Crippen molar-refractivity contribution >= 4 is 17.3 Å². The second-order valence-corrected chi connectivity index (χ2v) is 7.30. The fraction of sp³-hybridized carbons (Fsp3) is 0.857. The zero-order chi connectivity index (χ0) is 19.8. The minimum Gasteiger partial charge on any atom is -0.633 e. The quantitative estimate of drug-likeness (QED) is 0.198. The molecule has 0 aliphatic heterocycles. The highest BCUT2D eigenvalue weighted by atomic mass is 16.5. The van der Waals surface area contributed by atoms with E-state index in [-0.39, 0.29) is 54.2 Å². The van der Waals surface area contributed by atoms with Crippen LogP contribution in [0.1, 0.15) is 97.8 Å². The van der Waals surface area contributed by atoms with Crippen molar-refractivity contribution in [3.05, 3.63) is 5.21 Å². The largest absolute Gasteiger partial charge is 0.633 e. The molecule has 0 atom stereocenters. The van der Waals surface area contributed by atoms with Crippen LogP contribution in [0.3, 0.4) is 0 Å². The number of carbonyl (C=O) groups is 3. The van der Waals surface area contributed by atoms with Gasteiger partial charge in [0.1, 0.15) is 17.3 Å². The molecule has 0 fully saturated rings. The van der Waals surface area contributed by atoms with E-state index in [9.17, 15) is 19.6 Å². The van der Waals surface area contributed by atoms with Gasteiger partial charge in [0, 0.05) is 32.1 Å². The van der Waals surface area contributed by atoms with Gasteiger partial charge in [0.25, 0.3) is 0 Å². The fourth-order valence-electron chi connectivity index (χ4n) is 2.90. The van der Waals surface area contributed by atoms with Crippen molar-refractivity contribution in [1.29, 1.82) is 0 Å². The van der Waals surface area contributed by atoms with E-state index in [1.54, 1.807) is 0 Å². The third-order valence-electron chi connectivity index (χ3n) is 5.13. The Morgan fingerprint density at radius 2 is 1.04 bits per heavy atom. The first kappa shape index (κ1) is 24.9. The average Bonchev–Trinajstić information content (AvgIpc) is 2.65. The highest BCUT2D eigenvalue weighted by molar-refractivity contribution is 5.89. The number of ketones is 3. The molecule has 0 unspecified atom stereocenters. The van der Waals surface area contributed by atoms with Crippen LogP contribution >= 0.6 is 0 Å². The second kappa shape index (κ2) is 15.0. The lowest BCUT2D eigenvalue weighted by Gasteiger charge is -2.40. The minimum atomic E-state index is -0.355. The summed E-state index contributed by atoms with van der Waals surface area (Å²) >= 11 is 0. The second-order valence-electron chi connectivity index (χ2n) is 7.30. The van der Waals surface area contributed by atoms with Crippen molar-refractivity contribution in [2.75, 3.05) is 19.6 Å². The average molecular weight is 370 g/mol. The Balaban J connectivity index is 3.75. The van der Waals surface area contributed by atoms with Gasteiger partial charge in [-0.15, -0.1) is 0 Å². The van der Waals surface area contributed by atoms with Crippen molar-refractivity contribution in [2.24, 2.45) is 0 Å². The number of carbonyl (C=O) groups excluding carboxylic acids is 3. The van der Waals surface area contributed by atoms with E-state index in [0.29, 0.717) is 25.9 Å². The van der Waals surface area contributed by atoms with Crippen LogP contribution in [-0.2, 0) is 14.4 Å². The number of nitrogens with zero attached hydrogens (tertiary/aromatic N) is 1. The van der Waals surface area contributed by atoms with Gasteiger partial charge in [-0.25, -0.2) is 0 Å². The smallest absolute Gasteiger partial charge is 0.138 e. The molecular formula is C21H39NO4. The van der Waals surface area contributed by atoms with E-state index in [0.717, 1.165) is 12.8 Å². The van der Waals surface area contributed by atoms with Gasteiger partial charge in [0.15, 0.2) is 0 Å². The molecule has 0 saturated carbocycles. The van der Waals surface area contributed by atoms with E-state index in [2.05, 4.69) is 6.92 Å². The molecule has 0 aliphatic carbocycles. The van der Waals surface area contributed by atoms with Gasteiger partial charge >= 0.3 is 0 Å². The van der Waals surface area contributed by atoms with Gasteiger partial charge in [0.05, 0.1) is 26.1 Å². The highest BCUT2D eigenvalue weighted by Crippen LogP contribution is 2.10. The summed E-state index contributed by atoms with van der Waals surface area (Å²) in [6.45, 7) is 7.05. The standard InChI is InChI=1S/C21H39NO4/c1-4-7-8-9-10-11-12-19(23)13-14-20(24)15-16-21(25)17-18-22(26,5-2)6-3/h4-18H2,1-3H3. The number of rotatable bonds is 18. The number of Topliss-reactive ketones (excluding diaryl/α,β-unsaturated/α-hetero) is 3. The van der Waals surface area contributed by atoms with Gasteiger partial charge in [0.2, 0.25) is 0 Å². The predicted molar refractivity (Wildman–Crippen MR) is 106 cm³/mol. The van der Waals surface area contributed by atoms with Crippen LogP contribution in [0.5, 0.6) is 0 Å². The molecule has 0 amide bonds. The normalized spacial score (nSPS) is 11.5. The van der Waals surface area contributed by atoms with Gasteiger partial charge in [-0.2, -0.15) is 0 Å². The van der Waals surface area contributed by atoms with Crippen molar-refractivity contribution in [3.63, 3.8) is 0 Å². The van der Waals surface area contributed by atoms with Crippen LogP contribution in [0.25, 0.3) is 0 Å². The van der Waals surface area contributed by atoms with Crippen molar-refractivity contribution < 1.29 is 19.0 Å². The summed E-state index contributed by atoms with van der Waals surface area (Å²) < 4.78 is -0.355. The molecule has 0 aromatic carbocycles. The molecule has 0 spiro atoms. The third-order valence-corrected chi connectivity index (χ3v) is 5.13. The molecule has 152 valence electrons. The molecule has 26 heavy (non-hydrogen) atoms. The van der Waals surface area contributed by atoms with Gasteiger partial charge in [-0.3, -0.25) is 14.4 Å². The molecule has 0 rings (SSSR count). The first-order valence-electron chi connectivity index (χ1n) is 10.5. The Morgan fingerprint density at radius 3 is 1.54 bits per heavy atom. The van der Waals surface area contributed by atoms with Gasteiger partial charge < -0.3 is 9.85 Å². The summed E-state index contributed by atoms with van der Waals surface area (Å²) in [7, 11) is 0. The van der Waals surface area contributed by atoms with Crippen LogP contribution in [0, 0.1) is 5.21 Å². The van der Waals surface area contributed by atoms with Crippen LogP contribution in [0.4, 0.5) is 0 Å². The monoisotopic (exact) mass is 369 g/mol. The van der Waals surface area contributed by atoms with Crippen molar-refractivity contribution in [3.8, 4) is 0 Å². The number of quaternary nitrogens is 1. The first-order chi connectivity index (χ1) is 12.4. The van der Waals surface area contributed by atoms with Crippen LogP contribution in [0.2, 0.25) is 0 Å². The molecule has 0 aliphatic rings. The van der Waals surface area contributed by atoms with Crippen LogP contribution in [-0.4, -0.2) is 41.6 Å². The Kier molecular flexibility index (Phi) is 14.4. The zero-order valence-electron chi connectivity index (χ0n) is 17.2. The van der Waals surface area contributed by atoms with Crippen molar-refractivity contribution in [2.45, 2.75) is 97.8 Å². The maximum absolute atomic E-state index is 12.1. The van der Waals surface area contributed by atoms with Crippen LogP contribution in [0.15, 0.2) is 0 Å². The van der Waals surface area contributed by atoms with E-state index in [1.165, 1.54) is 25.7 Å². The Hall–Kier alpha value is -1.07. The maximum atomic E-state index is 12.1. The lowest BCUT2D eigenvalue weighted by molar-refractivity contribution is -0.876. The molecule has 0 N–H and O–H groups in total. The van der Waals surface area contributed by atoms with E-state index < -0.39 is 0 Å². The molecule has 5 heteroatoms. The summed E-state index contributed by atoms with van der Waals surface area (Å²) in [6, 6.07) is 0. The summed E-state index contributed by atoms with van der Waals surface area (Å²) in [5.74, 6) is 0.0972. The molecule has 0 bridgehead atoms. The number of unbranched alkanes of at least 4 members (excludes halogenated alkanes) is 5. The van der Waals surface area contributed by atoms with Gasteiger partial charge in [-0.05, 0) is 20.3 Å². The third kappa shape index (κ3) is 13.2. The lowest BCUT2D eigenvalue weighted by atomic mass is 10.0. The minimum absolute atomic E-state index is 0.0245. The molecule has 0 radical (unpaired) electrons. The number of hydrogen-bond donors (Lipinski definition) is 0. The predicted octanol–water partition coefficient (Wildman–Crippen LogP) is 4.75. The highest BCUT2D eigenvalue weighted by Gasteiger charge is 2.15. The molecular weight excluding hydrogens is 330 g/mol. The molecule has 0 aromatic heterocycles.